The number of hydrogen-bond acceptors (Lipinski definition) is 4. The number of rotatable bonds is 6. The lowest BCUT2D eigenvalue weighted by atomic mass is 10.2. The van der Waals surface area contributed by atoms with Crippen LogP contribution in [0.4, 0.5) is 0 Å². The quantitative estimate of drug-likeness (QED) is 0.851. The van der Waals surface area contributed by atoms with Crippen molar-refractivity contribution < 1.29 is 9.52 Å². The second kappa shape index (κ2) is 5.49. The van der Waals surface area contributed by atoms with Crippen molar-refractivity contribution in [2.24, 2.45) is 5.92 Å². The van der Waals surface area contributed by atoms with Crippen molar-refractivity contribution in [3.63, 3.8) is 0 Å². The van der Waals surface area contributed by atoms with Crippen molar-refractivity contribution >= 4 is 11.3 Å². The lowest BCUT2D eigenvalue weighted by molar-refractivity contribution is 0.174. The maximum atomic E-state index is 9.94. The van der Waals surface area contributed by atoms with E-state index in [1.54, 1.807) is 11.3 Å². The Morgan fingerprint density at radius 3 is 3.00 bits per heavy atom. The highest BCUT2D eigenvalue weighted by molar-refractivity contribution is 7.07. The van der Waals surface area contributed by atoms with Crippen LogP contribution in [0.2, 0.25) is 0 Å². The van der Waals surface area contributed by atoms with E-state index in [2.05, 4.69) is 18.3 Å². The zero-order valence-electron chi connectivity index (χ0n) is 11.0. The van der Waals surface area contributed by atoms with E-state index in [-0.39, 0.29) is 0 Å². The van der Waals surface area contributed by atoms with Gasteiger partial charge in [-0.2, -0.15) is 11.3 Å². The number of hydrogen-bond donors (Lipinski definition) is 2. The molecule has 0 saturated heterocycles. The molecule has 3 rings (SSSR count). The topological polar surface area (TPSA) is 45.4 Å². The highest BCUT2D eigenvalue weighted by atomic mass is 32.1. The van der Waals surface area contributed by atoms with Crippen molar-refractivity contribution in [2.75, 3.05) is 6.54 Å². The van der Waals surface area contributed by atoms with Crippen LogP contribution in [0.15, 0.2) is 33.4 Å². The first-order valence-corrected chi connectivity index (χ1v) is 7.68. The van der Waals surface area contributed by atoms with Crippen LogP contribution in [-0.4, -0.2) is 11.7 Å². The van der Waals surface area contributed by atoms with Gasteiger partial charge in [-0.15, -0.1) is 0 Å². The van der Waals surface area contributed by atoms with Gasteiger partial charge in [-0.3, -0.25) is 0 Å². The predicted octanol–water partition coefficient (Wildman–Crippen LogP) is 3.29. The molecule has 0 radical (unpaired) electrons. The Balaban J connectivity index is 1.46. The first-order valence-electron chi connectivity index (χ1n) is 6.73. The van der Waals surface area contributed by atoms with Gasteiger partial charge in [0.15, 0.2) is 0 Å². The van der Waals surface area contributed by atoms with E-state index >= 15 is 0 Å². The fourth-order valence-electron chi connectivity index (χ4n) is 2.32. The smallest absolute Gasteiger partial charge is 0.117 e. The van der Waals surface area contributed by atoms with Gasteiger partial charge in [0, 0.05) is 12.5 Å². The van der Waals surface area contributed by atoms with Gasteiger partial charge in [0.1, 0.15) is 11.5 Å². The van der Waals surface area contributed by atoms with Crippen molar-refractivity contribution in [1.29, 1.82) is 0 Å². The standard InChI is InChI=1S/C15H19NO2S/c1-10-6-13(10)15-3-2-12(18-15)7-16-8-14(17)11-4-5-19-9-11/h2-5,9-10,13-14,16-17H,6-8H2,1H3. The van der Waals surface area contributed by atoms with Crippen molar-refractivity contribution in [3.05, 3.63) is 46.0 Å². The highest BCUT2D eigenvalue weighted by Gasteiger charge is 2.36. The Morgan fingerprint density at radius 2 is 2.32 bits per heavy atom. The van der Waals surface area contributed by atoms with Crippen LogP contribution in [0, 0.1) is 5.92 Å². The summed E-state index contributed by atoms with van der Waals surface area (Å²) in [5, 5.41) is 17.1. The molecular weight excluding hydrogens is 258 g/mol. The molecule has 2 aromatic rings. The average Bonchev–Trinajstić information content (AvgIpc) is 2.90. The van der Waals surface area contributed by atoms with Gasteiger partial charge < -0.3 is 14.8 Å². The van der Waals surface area contributed by atoms with Gasteiger partial charge in [0.2, 0.25) is 0 Å². The number of nitrogens with one attached hydrogen (secondary N) is 1. The molecule has 0 aliphatic heterocycles. The van der Waals surface area contributed by atoms with E-state index in [1.807, 2.05) is 22.9 Å². The third-order valence-electron chi connectivity index (χ3n) is 3.72. The predicted molar refractivity (Wildman–Crippen MR) is 76.2 cm³/mol. The molecule has 19 heavy (non-hydrogen) atoms. The molecule has 0 bridgehead atoms. The molecule has 3 atom stereocenters. The number of aliphatic hydroxyl groups is 1. The molecule has 0 spiro atoms. The minimum Gasteiger partial charge on any atom is -0.464 e. The summed E-state index contributed by atoms with van der Waals surface area (Å²) in [7, 11) is 0. The van der Waals surface area contributed by atoms with Gasteiger partial charge in [0.05, 0.1) is 12.6 Å². The number of aliphatic hydroxyl groups excluding tert-OH is 1. The van der Waals surface area contributed by atoms with Gasteiger partial charge in [-0.05, 0) is 46.9 Å². The van der Waals surface area contributed by atoms with Crippen LogP contribution < -0.4 is 5.32 Å². The van der Waals surface area contributed by atoms with E-state index in [1.165, 1.54) is 6.42 Å². The number of furan rings is 1. The van der Waals surface area contributed by atoms with E-state index in [9.17, 15) is 5.11 Å². The van der Waals surface area contributed by atoms with Crippen LogP contribution in [0.25, 0.3) is 0 Å². The third kappa shape index (κ3) is 3.08. The maximum absolute atomic E-state index is 9.94. The lowest BCUT2D eigenvalue weighted by Crippen LogP contribution is -2.20. The van der Waals surface area contributed by atoms with Crippen LogP contribution in [0.5, 0.6) is 0 Å². The molecule has 3 nitrogen and oxygen atoms in total. The van der Waals surface area contributed by atoms with Gasteiger partial charge in [-0.25, -0.2) is 0 Å². The van der Waals surface area contributed by atoms with Gasteiger partial charge in [-0.1, -0.05) is 6.92 Å². The Kier molecular flexibility index (Phi) is 3.73. The Morgan fingerprint density at radius 1 is 1.47 bits per heavy atom. The summed E-state index contributed by atoms with van der Waals surface area (Å²) < 4.78 is 5.81. The summed E-state index contributed by atoms with van der Waals surface area (Å²) >= 11 is 1.61. The van der Waals surface area contributed by atoms with Crippen molar-refractivity contribution in [2.45, 2.75) is 31.9 Å². The SMILES string of the molecule is CC1CC1c1ccc(CNCC(O)c2ccsc2)o1. The molecule has 1 fully saturated rings. The fourth-order valence-corrected chi connectivity index (χ4v) is 3.03. The minimum absolute atomic E-state index is 0.441. The fraction of sp³-hybridized carbons (Fsp3) is 0.467. The summed E-state index contributed by atoms with van der Waals surface area (Å²) in [4.78, 5) is 0. The van der Waals surface area contributed by atoms with E-state index in [0.717, 1.165) is 23.0 Å². The summed E-state index contributed by atoms with van der Waals surface area (Å²) in [5.74, 6) is 3.46. The third-order valence-corrected chi connectivity index (χ3v) is 4.42. The summed E-state index contributed by atoms with van der Waals surface area (Å²) in [6.45, 7) is 3.47. The Labute approximate surface area is 117 Å². The minimum atomic E-state index is -0.441. The summed E-state index contributed by atoms with van der Waals surface area (Å²) in [5.41, 5.74) is 0.976. The second-order valence-electron chi connectivity index (χ2n) is 5.33. The molecule has 1 aliphatic rings. The molecule has 3 unspecified atom stereocenters. The molecule has 1 aliphatic carbocycles. The zero-order chi connectivity index (χ0) is 13.2. The molecule has 0 amide bonds. The zero-order valence-corrected chi connectivity index (χ0v) is 11.8. The Hall–Kier alpha value is -1.10. The highest BCUT2D eigenvalue weighted by Crippen LogP contribution is 2.47. The van der Waals surface area contributed by atoms with Crippen molar-refractivity contribution in [3.8, 4) is 0 Å². The second-order valence-corrected chi connectivity index (χ2v) is 6.11. The molecule has 102 valence electrons. The monoisotopic (exact) mass is 277 g/mol. The first-order chi connectivity index (χ1) is 9.24. The lowest BCUT2D eigenvalue weighted by Gasteiger charge is -2.09. The molecule has 1 saturated carbocycles. The molecular formula is C15H19NO2S. The first kappa shape index (κ1) is 12.9. The molecule has 0 aromatic carbocycles. The van der Waals surface area contributed by atoms with Crippen LogP contribution in [-0.2, 0) is 6.54 Å². The summed E-state index contributed by atoms with van der Waals surface area (Å²) in [6.07, 6.45) is 0.807. The van der Waals surface area contributed by atoms with Crippen LogP contribution in [0.1, 0.15) is 42.5 Å². The normalized spacial score (nSPS) is 23.5. The van der Waals surface area contributed by atoms with Gasteiger partial charge >= 0.3 is 0 Å². The summed E-state index contributed by atoms with van der Waals surface area (Å²) in [6, 6.07) is 6.07. The average molecular weight is 277 g/mol. The molecule has 2 aromatic heterocycles. The van der Waals surface area contributed by atoms with E-state index < -0.39 is 6.10 Å². The molecule has 2 heterocycles. The Bertz CT molecular complexity index is 520. The van der Waals surface area contributed by atoms with Gasteiger partial charge in [0.25, 0.3) is 0 Å². The maximum Gasteiger partial charge on any atom is 0.117 e. The molecule has 4 heteroatoms. The van der Waals surface area contributed by atoms with Crippen LogP contribution >= 0.6 is 11.3 Å². The molecule has 2 N–H and O–H groups in total. The van der Waals surface area contributed by atoms with E-state index in [4.69, 9.17) is 4.42 Å². The largest absolute Gasteiger partial charge is 0.464 e. The van der Waals surface area contributed by atoms with E-state index in [0.29, 0.717) is 19.0 Å². The van der Waals surface area contributed by atoms with Crippen molar-refractivity contribution in [1.82, 2.24) is 5.32 Å². The number of thiophene rings is 1. The van der Waals surface area contributed by atoms with Crippen LogP contribution in [0.3, 0.4) is 0 Å².